The summed E-state index contributed by atoms with van der Waals surface area (Å²) in [6.07, 6.45) is 3.15. The van der Waals surface area contributed by atoms with Gasteiger partial charge in [-0.1, -0.05) is 18.6 Å². The molecule has 4 N–H and O–H groups in total. The molecule has 6 nitrogen and oxygen atoms in total. The summed E-state index contributed by atoms with van der Waals surface area (Å²) in [5.41, 5.74) is 1.73. The molecular weight excluding hydrogens is 292 g/mol. The van der Waals surface area contributed by atoms with E-state index >= 15 is 0 Å². The van der Waals surface area contributed by atoms with Crippen molar-refractivity contribution >= 4 is 17.6 Å². The molecule has 2 rings (SSSR count). The van der Waals surface area contributed by atoms with Gasteiger partial charge in [-0.05, 0) is 50.9 Å². The Morgan fingerprint density at radius 3 is 2.57 bits per heavy atom. The van der Waals surface area contributed by atoms with Gasteiger partial charge in [-0.15, -0.1) is 0 Å². The highest BCUT2D eigenvalue weighted by Gasteiger charge is 2.19. The van der Waals surface area contributed by atoms with E-state index in [9.17, 15) is 9.59 Å². The minimum Gasteiger partial charge on any atom is -0.351 e. The Labute approximate surface area is 137 Å². The number of carbonyl (C=O) groups is 2. The molecule has 0 aliphatic carbocycles. The normalized spacial score (nSPS) is 17.6. The molecule has 1 aliphatic heterocycles. The third kappa shape index (κ3) is 5.90. The van der Waals surface area contributed by atoms with Gasteiger partial charge in [-0.3, -0.25) is 4.79 Å². The van der Waals surface area contributed by atoms with Gasteiger partial charge in [0, 0.05) is 18.3 Å². The third-order valence-corrected chi connectivity index (χ3v) is 3.73. The predicted octanol–water partition coefficient (Wildman–Crippen LogP) is 1.97. The first-order valence-electron chi connectivity index (χ1n) is 8.22. The average Bonchev–Trinajstić information content (AvgIpc) is 2.54. The molecule has 1 aromatic rings. The van der Waals surface area contributed by atoms with Gasteiger partial charge < -0.3 is 21.3 Å². The number of carbonyl (C=O) groups excluding carboxylic acids is 2. The molecule has 1 saturated heterocycles. The summed E-state index contributed by atoms with van der Waals surface area (Å²) in [5, 5.41) is 11.7. The summed E-state index contributed by atoms with van der Waals surface area (Å²) in [4.78, 5) is 23.7. The second-order valence-corrected chi connectivity index (χ2v) is 6.17. The maximum Gasteiger partial charge on any atom is 0.319 e. The molecule has 6 heteroatoms. The Balaban J connectivity index is 1.78. The highest BCUT2D eigenvalue weighted by atomic mass is 16.2. The smallest absolute Gasteiger partial charge is 0.319 e. The van der Waals surface area contributed by atoms with Crippen LogP contribution in [0.5, 0.6) is 0 Å². The number of piperidine rings is 1. The van der Waals surface area contributed by atoms with Crippen LogP contribution in [0.1, 0.15) is 38.7 Å². The van der Waals surface area contributed by atoms with Gasteiger partial charge in [0.05, 0.1) is 6.04 Å². The number of anilines is 1. The van der Waals surface area contributed by atoms with Crippen LogP contribution in [-0.4, -0.2) is 30.6 Å². The maximum absolute atomic E-state index is 12.0. The number of benzene rings is 1. The van der Waals surface area contributed by atoms with Crippen molar-refractivity contribution in [3.05, 3.63) is 29.8 Å². The molecule has 23 heavy (non-hydrogen) atoms. The summed E-state index contributed by atoms with van der Waals surface area (Å²) >= 11 is 0. The van der Waals surface area contributed by atoms with E-state index in [-0.39, 0.29) is 24.0 Å². The monoisotopic (exact) mass is 318 g/mol. The number of hydrogen-bond donors (Lipinski definition) is 4. The number of amides is 3. The Bertz CT molecular complexity index is 522. The predicted molar refractivity (Wildman–Crippen MR) is 91.2 cm³/mol. The van der Waals surface area contributed by atoms with Gasteiger partial charge in [0.25, 0.3) is 0 Å². The van der Waals surface area contributed by atoms with E-state index in [2.05, 4.69) is 21.3 Å². The average molecular weight is 318 g/mol. The highest BCUT2D eigenvalue weighted by molar-refractivity contribution is 5.89. The summed E-state index contributed by atoms with van der Waals surface area (Å²) in [6, 6.07) is 7.28. The van der Waals surface area contributed by atoms with Crippen LogP contribution in [0.4, 0.5) is 10.5 Å². The standard InChI is InChI=1S/C17H26N4O2/c1-12(2)20-17(23)21-14-8-6-13(7-9-14)11-19-16(22)15-5-3-4-10-18-15/h6-9,12,15,18H,3-5,10-11H2,1-2H3,(H,19,22)(H2,20,21,23). The molecule has 0 bridgehead atoms. The lowest BCUT2D eigenvalue weighted by molar-refractivity contribution is -0.123. The van der Waals surface area contributed by atoms with Crippen LogP contribution in [0.25, 0.3) is 0 Å². The van der Waals surface area contributed by atoms with Crippen molar-refractivity contribution in [2.75, 3.05) is 11.9 Å². The summed E-state index contributed by atoms with van der Waals surface area (Å²) < 4.78 is 0. The van der Waals surface area contributed by atoms with Crippen LogP contribution in [0, 0.1) is 0 Å². The topological polar surface area (TPSA) is 82.3 Å². The van der Waals surface area contributed by atoms with Crippen molar-refractivity contribution in [2.45, 2.75) is 51.7 Å². The fourth-order valence-electron chi connectivity index (χ4n) is 2.52. The molecule has 1 unspecified atom stereocenters. The number of urea groups is 1. The molecule has 1 heterocycles. The lowest BCUT2D eigenvalue weighted by Crippen LogP contribution is -2.46. The van der Waals surface area contributed by atoms with Crippen LogP contribution < -0.4 is 21.3 Å². The third-order valence-electron chi connectivity index (χ3n) is 3.73. The molecule has 0 aromatic heterocycles. The minimum atomic E-state index is -0.218. The number of hydrogen-bond acceptors (Lipinski definition) is 3. The lowest BCUT2D eigenvalue weighted by atomic mass is 10.0. The molecule has 0 saturated carbocycles. The largest absolute Gasteiger partial charge is 0.351 e. The van der Waals surface area contributed by atoms with Gasteiger partial charge >= 0.3 is 6.03 Å². The van der Waals surface area contributed by atoms with E-state index in [1.165, 1.54) is 0 Å². The van der Waals surface area contributed by atoms with E-state index < -0.39 is 0 Å². The summed E-state index contributed by atoms with van der Waals surface area (Å²) in [5.74, 6) is 0.0585. The summed E-state index contributed by atoms with van der Waals surface area (Å²) in [6.45, 7) is 5.23. The van der Waals surface area contributed by atoms with Crippen molar-refractivity contribution in [1.29, 1.82) is 0 Å². The molecule has 1 fully saturated rings. The van der Waals surface area contributed by atoms with Gasteiger partial charge in [-0.2, -0.15) is 0 Å². The lowest BCUT2D eigenvalue weighted by Gasteiger charge is -2.22. The maximum atomic E-state index is 12.0. The van der Waals surface area contributed by atoms with E-state index in [0.717, 1.165) is 37.1 Å². The second-order valence-electron chi connectivity index (χ2n) is 6.17. The van der Waals surface area contributed by atoms with Crippen molar-refractivity contribution in [1.82, 2.24) is 16.0 Å². The van der Waals surface area contributed by atoms with Crippen LogP contribution in [0.2, 0.25) is 0 Å². The molecular formula is C17H26N4O2. The Morgan fingerprint density at radius 2 is 1.96 bits per heavy atom. The van der Waals surface area contributed by atoms with Gasteiger partial charge in [0.2, 0.25) is 5.91 Å². The molecule has 1 aromatic carbocycles. The number of nitrogens with one attached hydrogen (secondary N) is 4. The van der Waals surface area contributed by atoms with Gasteiger partial charge in [0.1, 0.15) is 0 Å². The Hall–Kier alpha value is -2.08. The fourth-order valence-corrected chi connectivity index (χ4v) is 2.52. The van der Waals surface area contributed by atoms with Crippen molar-refractivity contribution in [2.24, 2.45) is 0 Å². The van der Waals surface area contributed by atoms with Gasteiger partial charge in [0.15, 0.2) is 0 Å². The second kappa shape index (κ2) is 8.53. The highest BCUT2D eigenvalue weighted by Crippen LogP contribution is 2.10. The van der Waals surface area contributed by atoms with Gasteiger partial charge in [-0.25, -0.2) is 4.79 Å². The first kappa shape index (κ1) is 17.3. The quantitative estimate of drug-likeness (QED) is 0.670. The minimum absolute atomic E-state index is 0.0585. The van der Waals surface area contributed by atoms with Crippen LogP contribution in [-0.2, 0) is 11.3 Å². The van der Waals surface area contributed by atoms with Crippen molar-refractivity contribution < 1.29 is 9.59 Å². The molecule has 0 spiro atoms. The van der Waals surface area contributed by atoms with Crippen LogP contribution in [0.3, 0.4) is 0 Å². The van der Waals surface area contributed by atoms with Crippen LogP contribution in [0.15, 0.2) is 24.3 Å². The van der Waals surface area contributed by atoms with E-state index in [4.69, 9.17) is 0 Å². The SMILES string of the molecule is CC(C)NC(=O)Nc1ccc(CNC(=O)C2CCCCN2)cc1. The molecule has 1 aliphatic rings. The molecule has 0 radical (unpaired) electrons. The molecule has 3 amide bonds. The first-order valence-corrected chi connectivity index (χ1v) is 8.22. The zero-order valence-electron chi connectivity index (χ0n) is 13.8. The fraction of sp³-hybridized carbons (Fsp3) is 0.529. The number of rotatable bonds is 5. The summed E-state index contributed by atoms with van der Waals surface area (Å²) in [7, 11) is 0. The Kier molecular flexibility index (Phi) is 6.40. The van der Waals surface area contributed by atoms with E-state index in [1.54, 1.807) is 0 Å². The van der Waals surface area contributed by atoms with E-state index in [1.807, 2.05) is 38.1 Å². The molecule has 1 atom stereocenters. The Morgan fingerprint density at radius 1 is 1.22 bits per heavy atom. The van der Waals surface area contributed by atoms with Crippen LogP contribution >= 0.6 is 0 Å². The first-order chi connectivity index (χ1) is 11.0. The van der Waals surface area contributed by atoms with Crippen molar-refractivity contribution in [3.8, 4) is 0 Å². The van der Waals surface area contributed by atoms with E-state index in [0.29, 0.717) is 6.54 Å². The van der Waals surface area contributed by atoms with Crippen molar-refractivity contribution in [3.63, 3.8) is 0 Å². The zero-order chi connectivity index (χ0) is 16.7. The zero-order valence-corrected chi connectivity index (χ0v) is 13.8. The molecule has 126 valence electrons.